The van der Waals surface area contributed by atoms with Crippen LogP contribution in [-0.2, 0) is 6.54 Å². The van der Waals surface area contributed by atoms with Gasteiger partial charge in [0.2, 0.25) is 0 Å². The number of nitrogens with zero attached hydrogens (tertiary/aromatic N) is 1. The molecule has 1 aromatic carbocycles. The monoisotopic (exact) mass is 290 g/mol. The molecule has 2 nitrogen and oxygen atoms in total. The van der Waals surface area contributed by atoms with Crippen LogP contribution in [0.25, 0.3) is 0 Å². The molecule has 0 aliphatic rings. The molecular weight excluding hydrogens is 256 g/mol. The molecule has 0 saturated carbocycles. The minimum Gasteiger partial charge on any atom is -0.311 e. The highest BCUT2D eigenvalue weighted by atomic mass is 15.1. The Bertz CT molecular complexity index is 389. The Hall–Kier alpha value is -0.860. The summed E-state index contributed by atoms with van der Waals surface area (Å²) in [5.74, 6) is 0.552. The van der Waals surface area contributed by atoms with E-state index in [0.29, 0.717) is 5.92 Å². The van der Waals surface area contributed by atoms with E-state index < -0.39 is 0 Å². The molecular formula is C19H34N2. The average molecular weight is 290 g/mol. The fourth-order valence-electron chi connectivity index (χ4n) is 2.45. The van der Waals surface area contributed by atoms with Gasteiger partial charge in [0.25, 0.3) is 0 Å². The lowest BCUT2D eigenvalue weighted by Crippen LogP contribution is -2.38. The van der Waals surface area contributed by atoms with Crippen LogP contribution in [0.1, 0.15) is 65.0 Å². The van der Waals surface area contributed by atoms with E-state index in [9.17, 15) is 0 Å². The van der Waals surface area contributed by atoms with Crippen LogP contribution in [0.5, 0.6) is 0 Å². The maximum Gasteiger partial charge on any atom is 0.0233 e. The van der Waals surface area contributed by atoms with E-state index in [1.54, 1.807) is 0 Å². The van der Waals surface area contributed by atoms with Gasteiger partial charge in [-0.3, -0.25) is 4.90 Å². The minimum absolute atomic E-state index is 0.190. The zero-order valence-electron chi connectivity index (χ0n) is 14.9. The van der Waals surface area contributed by atoms with Crippen LogP contribution in [0.2, 0.25) is 0 Å². The largest absolute Gasteiger partial charge is 0.311 e. The highest BCUT2D eigenvalue weighted by Gasteiger charge is 2.12. The maximum atomic E-state index is 3.58. The lowest BCUT2D eigenvalue weighted by atomic mass is 9.98. The van der Waals surface area contributed by atoms with Crippen molar-refractivity contribution in [1.82, 2.24) is 10.2 Å². The SMILES string of the molecule is CCCN(CC)Cc1ccc(C(C)CNC(C)(C)C)cc1. The first-order chi connectivity index (χ1) is 9.85. The molecule has 0 radical (unpaired) electrons. The molecule has 0 spiro atoms. The maximum absolute atomic E-state index is 3.58. The van der Waals surface area contributed by atoms with Crippen molar-refractivity contribution >= 4 is 0 Å². The van der Waals surface area contributed by atoms with Gasteiger partial charge in [-0.25, -0.2) is 0 Å². The third-order valence-electron chi connectivity index (χ3n) is 3.88. The van der Waals surface area contributed by atoms with Crippen molar-refractivity contribution in [1.29, 1.82) is 0 Å². The fourth-order valence-corrected chi connectivity index (χ4v) is 2.45. The molecule has 1 unspecified atom stereocenters. The molecule has 1 aromatic rings. The number of benzene rings is 1. The lowest BCUT2D eigenvalue weighted by Gasteiger charge is -2.24. The molecule has 0 aliphatic carbocycles. The molecule has 0 amide bonds. The summed E-state index contributed by atoms with van der Waals surface area (Å²) in [6.07, 6.45) is 1.22. The standard InChI is InChI=1S/C19H34N2/c1-7-13-21(8-2)15-17-9-11-18(12-10-17)16(3)14-20-19(4,5)6/h9-12,16,20H,7-8,13-15H2,1-6H3. The van der Waals surface area contributed by atoms with Crippen molar-refractivity contribution in [3.63, 3.8) is 0 Å². The Labute approximate surface area is 131 Å². The first-order valence-corrected chi connectivity index (χ1v) is 8.42. The van der Waals surface area contributed by atoms with Gasteiger partial charge in [-0.1, -0.05) is 45.0 Å². The summed E-state index contributed by atoms with van der Waals surface area (Å²) in [6.45, 7) is 17.8. The molecule has 0 heterocycles. The van der Waals surface area contributed by atoms with Crippen LogP contribution in [0.3, 0.4) is 0 Å². The van der Waals surface area contributed by atoms with Crippen LogP contribution in [0.4, 0.5) is 0 Å². The summed E-state index contributed by atoms with van der Waals surface area (Å²) in [6, 6.07) is 9.18. The van der Waals surface area contributed by atoms with Crippen molar-refractivity contribution in [3.05, 3.63) is 35.4 Å². The topological polar surface area (TPSA) is 15.3 Å². The predicted molar refractivity (Wildman–Crippen MR) is 93.9 cm³/mol. The third kappa shape index (κ3) is 7.10. The summed E-state index contributed by atoms with van der Waals surface area (Å²) in [4.78, 5) is 2.50. The van der Waals surface area contributed by atoms with Gasteiger partial charge >= 0.3 is 0 Å². The molecule has 1 N–H and O–H groups in total. The van der Waals surface area contributed by atoms with E-state index in [2.05, 4.69) is 76.0 Å². The molecule has 0 bridgehead atoms. The van der Waals surface area contributed by atoms with Crippen molar-refractivity contribution in [2.45, 2.75) is 66.0 Å². The van der Waals surface area contributed by atoms with E-state index in [1.807, 2.05) is 0 Å². The molecule has 1 rings (SSSR count). The van der Waals surface area contributed by atoms with Gasteiger partial charge in [0.1, 0.15) is 0 Å². The van der Waals surface area contributed by atoms with Crippen LogP contribution >= 0.6 is 0 Å². The van der Waals surface area contributed by atoms with Crippen molar-refractivity contribution in [3.8, 4) is 0 Å². The summed E-state index contributed by atoms with van der Waals surface area (Å²) < 4.78 is 0. The first kappa shape index (κ1) is 18.2. The highest BCUT2D eigenvalue weighted by molar-refractivity contribution is 5.25. The van der Waals surface area contributed by atoms with E-state index in [4.69, 9.17) is 0 Å². The molecule has 120 valence electrons. The van der Waals surface area contributed by atoms with Gasteiger partial charge in [0, 0.05) is 18.6 Å². The molecule has 1 atom stereocenters. The Morgan fingerprint density at radius 1 is 1.10 bits per heavy atom. The molecule has 0 aliphatic heterocycles. The predicted octanol–water partition coefficient (Wildman–Crippen LogP) is 4.41. The normalized spacial score (nSPS) is 13.7. The summed E-state index contributed by atoms with van der Waals surface area (Å²) in [5.41, 5.74) is 3.04. The third-order valence-corrected chi connectivity index (χ3v) is 3.88. The molecule has 0 aromatic heterocycles. The van der Waals surface area contributed by atoms with Crippen molar-refractivity contribution < 1.29 is 0 Å². The zero-order chi connectivity index (χ0) is 15.9. The summed E-state index contributed by atoms with van der Waals surface area (Å²) in [7, 11) is 0. The number of nitrogens with one attached hydrogen (secondary N) is 1. The van der Waals surface area contributed by atoms with E-state index in [1.165, 1.54) is 24.1 Å². The van der Waals surface area contributed by atoms with Crippen molar-refractivity contribution in [2.24, 2.45) is 0 Å². The Kier molecular flexibility index (Phi) is 7.41. The van der Waals surface area contributed by atoms with Crippen molar-refractivity contribution in [2.75, 3.05) is 19.6 Å². The van der Waals surface area contributed by atoms with E-state index in [0.717, 1.165) is 19.6 Å². The van der Waals surface area contributed by atoms with E-state index >= 15 is 0 Å². The fraction of sp³-hybridized carbons (Fsp3) is 0.684. The highest BCUT2D eigenvalue weighted by Crippen LogP contribution is 2.17. The first-order valence-electron chi connectivity index (χ1n) is 8.42. The van der Waals surface area contributed by atoms with Gasteiger partial charge in [-0.05, 0) is 57.3 Å². The van der Waals surface area contributed by atoms with Crippen LogP contribution < -0.4 is 5.32 Å². The van der Waals surface area contributed by atoms with Crippen LogP contribution in [0.15, 0.2) is 24.3 Å². The molecule has 21 heavy (non-hydrogen) atoms. The number of hydrogen-bond acceptors (Lipinski definition) is 2. The smallest absolute Gasteiger partial charge is 0.0233 e. The Balaban J connectivity index is 2.56. The Morgan fingerprint density at radius 3 is 2.19 bits per heavy atom. The molecule has 0 fully saturated rings. The van der Waals surface area contributed by atoms with Gasteiger partial charge in [0.05, 0.1) is 0 Å². The summed E-state index contributed by atoms with van der Waals surface area (Å²) in [5, 5.41) is 3.58. The molecule has 0 saturated heterocycles. The van der Waals surface area contributed by atoms with Gasteiger partial charge in [-0.2, -0.15) is 0 Å². The van der Waals surface area contributed by atoms with Crippen LogP contribution in [-0.4, -0.2) is 30.1 Å². The van der Waals surface area contributed by atoms with Gasteiger partial charge < -0.3 is 5.32 Å². The molecule has 2 heteroatoms. The number of hydrogen-bond donors (Lipinski definition) is 1. The minimum atomic E-state index is 0.190. The number of rotatable bonds is 8. The van der Waals surface area contributed by atoms with E-state index in [-0.39, 0.29) is 5.54 Å². The second kappa shape index (κ2) is 8.55. The second-order valence-electron chi connectivity index (χ2n) is 7.14. The zero-order valence-corrected chi connectivity index (χ0v) is 14.9. The van der Waals surface area contributed by atoms with Gasteiger partial charge in [-0.15, -0.1) is 0 Å². The average Bonchev–Trinajstić information content (AvgIpc) is 2.44. The summed E-state index contributed by atoms with van der Waals surface area (Å²) >= 11 is 0. The van der Waals surface area contributed by atoms with Gasteiger partial charge in [0.15, 0.2) is 0 Å². The second-order valence-corrected chi connectivity index (χ2v) is 7.14. The van der Waals surface area contributed by atoms with Crippen LogP contribution in [0, 0.1) is 0 Å². The lowest BCUT2D eigenvalue weighted by molar-refractivity contribution is 0.280. The quantitative estimate of drug-likeness (QED) is 0.763. The Morgan fingerprint density at radius 2 is 1.71 bits per heavy atom.